The van der Waals surface area contributed by atoms with Crippen LogP contribution in [0.15, 0.2) is 77.7 Å². The van der Waals surface area contributed by atoms with Gasteiger partial charge in [0.15, 0.2) is 0 Å². The zero-order chi connectivity index (χ0) is 17.5. The summed E-state index contributed by atoms with van der Waals surface area (Å²) >= 11 is 3.46. The molecule has 0 N–H and O–H groups in total. The van der Waals surface area contributed by atoms with Crippen LogP contribution in [0.4, 0.5) is 0 Å². The highest BCUT2D eigenvalue weighted by Crippen LogP contribution is 2.09. The van der Waals surface area contributed by atoms with E-state index >= 15 is 0 Å². The second kappa shape index (κ2) is 8.82. The van der Waals surface area contributed by atoms with E-state index in [1.807, 2.05) is 12.3 Å². The molecule has 0 saturated heterocycles. The Labute approximate surface area is 157 Å². The van der Waals surface area contributed by atoms with Gasteiger partial charge in [-0.15, -0.1) is 0 Å². The highest BCUT2D eigenvalue weighted by atomic mass is 79.9. The summed E-state index contributed by atoms with van der Waals surface area (Å²) in [6.07, 6.45) is 4.65. The van der Waals surface area contributed by atoms with Crippen LogP contribution >= 0.6 is 15.9 Å². The van der Waals surface area contributed by atoms with Crippen molar-refractivity contribution < 1.29 is 0 Å². The molecule has 0 aliphatic heterocycles. The average molecular weight is 396 g/mol. The lowest BCUT2D eigenvalue weighted by Gasteiger charge is -2.08. The van der Waals surface area contributed by atoms with Crippen molar-refractivity contribution in [3.8, 4) is 0 Å². The molecule has 25 heavy (non-hydrogen) atoms. The first-order valence-corrected chi connectivity index (χ1v) is 9.74. The highest BCUT2D eigenvalue weighted by Gasteiger charge is 2.01. The molecule has 0 aliphatic carbocycles. The summed E-state index contributed by atoms with van der Waals surface area (Å²) in [4.78, 5) is 12.3. The van der Waals surface area contributed by atoms with E-state index in [0.29, 0.717) is 6.54 Å². The predicted molar refractivity (Wildman–Crippen MR) is 107 cm³/mol. The SMILES string of the molecule is O=c1cc(CCc2ccccc2)ccn1CCc1ccc(CBr)cc1. The van der Waals surface area contributed by atoms with Crippen molar-refractivity contribution >= 4 is 15.9 Å². The molecule has 0 fully saturated rings. The molecule has 1 aromatic heterocycles. The van der Waals surface area contributed by atoms with Gasteiger partial charge in [-0.05, 0) is 47.6 Å². The molecule has 3 heteroatoms. The second-order valence-corrected chi connectivity index (χ2v) is 6.81. The summed E-state index contributed by atoms with van der Waals surface area (Å²) in [6, 6.07) is 22.7. The third-order valence-corrected chi connectivity index (χ3v) is 5.07. The molecule has 128 valence electrons. The Bertz CT molecular complexity index is 853. The Hall–Kier alpha value is -2.13. The van der Waals surface area contributed by atoms with Crippen molar-refractivity contribution in [1.82, 2.24) is 4.57 Å². The van der Waals surface area contributed by atoms with E-state index in [9.17, 15) is 4.79 Å². The molecule has 1 heterocycles. The number of halogens is 1. The molecule has 0 bridgehead atoms. The van der Waals surface area contributed by atoms with Gasteiger partial charge in [-0.2, -0.15) is 0 Å². The number of hydrogen-bond acceptors (Lipinski definition) is 1. The minimum Gasteiger partial charge on any atom is -0.315 e. The van der Waals surface area contributed by atoms with Crippen molar-refractivity contribution in [3.63, 3.8) is 0 Å². The lowest BCUT2D eigenvalue weighted by atomic mass is 10.1. The fourth-order valence-corrected chi connectivity index (χ4v) is 3.24. The third kappa shape index (κ3) is 5.17. The number of rotatable bonds is 7. The maximum atomic E-state index is 12.3. The standard InChI is InChI=1S/C22H22BrNO/c23-17-21-10-7-19(8-11-21)12-14-24-15-13-20(16-22(24)25)9-6-18-4-2-1-3-5-18/h1-5,7-8,10-11,13,15-16H,6,9,12,14,17H2. The van der Waals surface area contributed by atoms with Gasteiger partial charge in [-0.3, -0.25) is 4.79 Å². The zero-order valence-corrected chi connectivity index (χ0v) is 15.8. The first kappa shape index (κ1) is 17.7. The molecule has 0 radical (unpaired) electrons. The molecule has 2 nitrogen and oxygen atoms in total. The minimum absolute atomic E-state index is 0.0858. The molecule has 0 atom stereocenters. The summed E-state index contributed by atoms with van der Waals surface area (Å²) in [5.74, 6) is 0. The number of hydrogen-bond donors (Lipinski definition) is 0. The third-order valence-electron chi connectivity index (χ3n) is 4.42. The summed E-state index contributed by atoms with van der Waals surface area (Å²) in [6.45, 7) is 0.714. The van der Waals surface area contributed by atoms with Gasteiger partial charge in [0.25, 0.3) is 5.56 Å². The van der Waals surface area contributed by atoms with E-state index < -0.39 is 0 Å². The fraction of sp³-hybridized carbons (Fsp3) is 0.227. The molecule has 0 amide bonds. The van der Waals surface area contributed by atoms with Gasteiger partial charge in [0.05, 0.1) is 0 Å². The molecule has 2 aromatic carbocycles. The second-order valence-electron chi connectivity index (χ2n) is 6.25. The van der Waals surface area contributed by atoms with Crippen molar-refractivity contribution in [1.29, 1.82) is 0 Å². The van der Waals surface area contributed by atoms with E-state index in [4.69, 9.17) is 0 Å². The van der Waals surface area contributed by atoms with Crippen LogP contribution in [0.3, 0.4) is 0 Å². The van der Waals surface area contributed by atoms with Crippen molar-refractivity contribution in [2.75, 3.05) is 0 Å². The summed E-state index contributed by atoms with van der Waals surface area (Å²) in [7, 11) is 0. The predicted octanol–water partition coefficient (Wildman–Crippen LogP) is 4.77. The lowest BCUT2D eigenvalue weighted by molar-refractivity contribution is 0.666. The number of nitrogens with zero attached hydrogens (tertiary/aromatic N) is 1. The van der Waals surface area contributed by atoms with Crippen LogP contribution in [0.2, 0.25) is 0 Å². The molecule has 3 rings (SSSR count). The molecule has 0 spiro atoms. The quantitative estimate of drug-likeness (QED) is 0.528. The van der Waals surface area contributed by atoms with Gasteiger partial charge in [-0.25, -0.2) is 0 Å². The summed E-state index contributed by atoms with van der Waals surface area (Å²) in [5.41, 5.74) is 5.02. The smallest absolute Gasteiger partial charge is 0.250 e. The molecular weight excluding hydrogens is 374 g/mol. The first-order chi connectivity index (χ1) is 12.2. The molecular formula is C22H22BrNO. The van der Waals surface area contributed by atoms with Crippen molar-refractivity contribution in [3.05, 3.63) is 106 Å². The van der Waals surface area contributed by atoms with Crippen molar-refractivity contribution in [2.45, 2.75) is 31.1 Å². The number of benzene rings is 2. The van der Waals surface area contributed by atoms with Gasteiger partial charge in [0.1, 0.15) is 0 Å². The average Bonchev–Trinajstić information content (AvgIpc) is 2.67. The Morgan fingerprint density at radius 1 is 0.720 bits per heavy atom. The van der Waals surface area contributed by atoms with Gasteiger partial charge in [-0.1, -0.05) is 70.5 Å². The number of aryl methyl sites for hydroxylation is 4. The van der Waals surface area contributed by atoms with E-state index in [2.05, 4.69) is 70.5 Å². The van der Waals surface area contributed by atoms with E-state index in [1.165, 1.54) is 16.7 Å². The Morgan fingerprint density at radius 3 is 2.04 bits per heavy atom. The normalized spacial score (nSPS) is 10.8. The maximum Gasteiger partial charge on any atom is 0.250 e. The van der Waals surface area contributed by atoms with Crippen LogP contribution in [0.25, 0.3) is 0 Å². The van der Waals surface area contributed by atoms with Crippen LogP contribution in [-0.2, 0) is 31.1 Å². The molecule has 3 aromatic rings. The van der Waals surface area contributed by atoms with E-state index in [0.717, 1.165) is 30.2 Å². The van der Waals surface area contributed by atoms with E-state index in [-0.39, 0.29) is 5.56 Å². The minimum atomic E-state index is 0.0858. The molecule has 0 aliphatic rings. The number of pyridine rings is 1. The van der Waals surface area contributed by atoms with Crippen LogP contribution < -0.4 is 5.56 Å². The highest BCUT2D eigenvalue weighted by molar-refractivity contribution is 9.08. The molecule has 0 saturated carbocycles. The topological polar surface area (TPSA) is 22.0 Å². The first-order valence-electron chi connectivity index (χ1n) is 8.62. The van der Waals surface area contributed by atoms with E-state index in [1.54, 1.807) is 10.6 Å². The monoisotopic (exact) mass is 395 g/mol. The van der Waals surface area contributed by atoms with Gasteiger partial charge in [0, 0.05) is 24.1 Å². The van der Waals surface area contributed by atoms with Crippen LogP contribution in [0.5, 0.6) is 0 Å². The van der Waals surface area contributed by atoms with Crippen LogP contribution in [0.1, 0.15) is 22.3 Å². The van der Waals surface area contributed by atoms with Gasteiger partial charge >= 0.3 is 0 Å². The number of aromatic nitrogens is 1. The van der Waals surface area contributed by atoms with Gasteiger partial charge in [0.2, 0.25) is 0 Å². The van der Waals surface area contributed by atoms with Gasteiger partial charge < -0.3 is 4.57 Å². The summed E-state index contributed by atoms with van der Waals surface area (Å²) < 4.78 is 1.80. The zero-order valence-electron chi connectivity index (χ0n) is 14.2. The van der Waals surface area contributed by atoms with Crippen molar-refractivity contribution in [2.24, 2.45) is 0 Å². The summed E-state index contributed by atoms with van der Waals surface area (Å²) in [5, 5.41) is 0.872. The Kier molecular flexibility index (Phi) is 6.24. The lowest BCUT2D eigenvalue weighted by Crippen LogP contribution is -2.20. The molecule has 0 unspecified atom stereocenters. The largest absolute Gasteiger partial charge is 0.315 e. The maximum absolute atomic E-state index is 12.3. The Morgan fingerprint density at radius 2 is 1.36 bits per heavy atom. The Balaban J connectivity index is 1.58. The fourth-order valence-electron chi connectivity index (χ4n) is 2.87. The van der Waals surface area contributed by atoms with Crippen LogP contribution in [0, 0.1) is 0 Å². The van der Waals surface area contributed by atoms with Crippen LogP contribution in [-0.4, -0.2) is 4.57 Å². The number of alkyl halides is 1.